The number of hydrogen-bond donors (Lipinski definition) is 1. The molecule has 0 aromatic carbocycles. The summed E-state index contributed by atoms with van der Waals surface area (Å²) in [7, 11) is -2.24. The van der Waals surface area contributed by atoms with Gasteiger partial charge in [-0.25, -0.2) is 15.0 Å². The van der Waals surface area contributed by atoms with Gasteiger partial charge >= 0.3 is 11.9 Å². The topological polar surface area (TPSA) is 141 Å². The molecule has 1 unspecified atom stereocenters. The Hall–Kier alpha value is -2.57. The van der Waals surface area contributed by atoms with Crippen molar-refractivity contribution < 1.29 is 28.2 Å². The van der Waals surface area contributed by atoms with E-state index in [0.717, 1.165) is 0 Å². The third-order valence-corrected chi connectivity index (χ3v) is 12.8. The highest BCUT2D eigenvalue weighted by Gasteiger charge is 2.53. The Morgan fingerprint density at radius 2 is 1.57 bits per heavy atom. The van der Waals surface area contributed by atoms with E-state index in [1.807, 2.05) is 0 Å². The first kappa shape index (κ1) is 27.0. The van der Waals surface area contributed by atoms with E-state index in [2.05, 4.69) is 56.5 Å². The van der Waals surface area contributed by atoms with Gasteiger partial charge in [0.2, 0.25) is 0 Å². The van der Waals surface area contributed by atoms with E-state index in [1.54, 1.807) is 4.57 Å². The first-order valence-electron chi connectivity index (χ1n) is 12.0. The second kappa shape index (κ2) is 10.6. The highest BCUT2D eigenvalue weighted by Crippen LogP contribution is 2.43. The minimum Gasteiger partial charge on any atom is -0.456 e. The number of hydrogen-bond acceptors (Lipinski definition) is 10. The van der Waals surface area contributed by atoms with Crippen LogP contribution in [0.1, 0.15) is 61.6 Å². The van der Waals surface area contributed by atoms with Crippen LogP contribution in [0, 0.1) is 0 Å². The molecule has 4 atom stereocenters. The number of esters is 2. The molecule has 0 saturated carbocycles. The summed E-state index contributed by atoms with van der Waals surface area (Å²) in [6, 6.07) is 0. The molecule has 3 rings (SSSR count). The lowest BCUT2D eigenvalue weighted by molar-refractivity contribution is -0.165. The smallest absolute Gasteiger partial charge is 0.303 e. The van der Waals surface area contributed by atoms with Crippen molar-refractivity contribution in [2.24, 2.45) is 0 Å². The normalized spacial score (nSPS) is 22.9. The predicted molar refractivity (Wildman–Crippen MR) is 132 cm³/mol. The third kappa shape index (κ3) is 5.19. The zero-order chi connectivity index (χ0) is 26.1. The maximum Gasteiger partial charge on any atom is 0.303 e. The van der Waals surface area contributed by atoms with Crippen LogP contribution in [0.3, 0.4) is 0 Å². The van der Waals surface area contributed by atoms with Gasteiger partial charge in [-0.2, -0.15) is 0 Å². The van der Waals surface area contributed by atoms with Gasteiger partial charge in [0.15, 0.2) is 38.2 Å². The van der Waals surface area contributed by atoms with Gasteiger partial charge in [-0.05, 0) is 16.6 Å². The molecule has 2 aromatic heterocycles. The molecule has 0 spiro atoms. The molecule has 3 heterocycles. The zero-order valence-corrected chi connectivity index (χ0v) is 22.7. The van der Waals surface area contributed by atoms with E-state index >= 15 is 0 Å². The number of carbonyl (C=O) groups excluding carboxylic acids is 2. The van der Waals surface area contributed by atoms with E-state index in [9.17, 15) is 9.59 Å². The van der Waals surface area contributed by atoms with Crippen molar-refractivity contribution in [2.75, 3.05) is 12.3 Å². The number of carbonyl (C=O) groups is 2. The molecule has 2 N–H and O–H groups in total. The molecule has 1 saturated heterocycles. The highest BCUT2D eigenvalue weighted by atomic mass is 28.4. The second-order valence-electron chi connectivity index (χ2n) is 9.92. The Labute approximate surface area is 206 Å². The molecule has 11 nitrogen and oxygen atoms in total. The van der Waals surface area contributed by atoms with Crippen LogP contribution in [0.4, 0.5) is 5.82 Å². The summed E-state index contributed by atoms with van der Waals surface area (Å²) in [6.07, 6.45) is -0.523. The summed E-state index contributed by atoms with van der Waals surface area (Å²) in [6.45, 7) is 16.0. The standard InChI is InChI=1S/C23H37N5O6Si/c1-12(2)35(13(3)4,14(5)6)31-9-17-19(32-15(7)29)20(33-16(8)30)23(34-17)28-11-27-18-21(24)25-10-26-22(18)28/h10-14,17,19-20,23H,9H2,1-8H3,(H2,24,25,26)/t17-,19?,20+,23-/m1/s1. The summed E-state index contributed by atoms with van der Waals surface area (Å²) in [5.74, 6) is -0.825. The van der Waals surface area contributed by atoms with Gasteiger partial charge in [-0.3, -0.25) is 14.2 Å². The minimum atomic E-state index is -2.24. The van der Waals surface area contributed by atoms with Gasteiger partial charge in [0.05, 0.1) is 12.9 Å². The van der Waals surface area contributed by atoms with Crippen LogP contribution in [0.5, 0.6) is 0 Å². The minimum absolute atomic E-state index is 0.191. The summed E-state index contributed by atoms with van der Waals surface area (Å²) < 4.78 is 26.0. The summed E-state index contributed by atoms with van der Waals surface area (Å²) in [5.41, 5.74) is 7.82. The SMILES string of the molecule is CC(=O)OC1[C@@H](CO[Si](C(C)C)(C(C)C)C(C)C)O[C@@H](n2cnc3c(N)ncnc32)[C@H]1OC(C)=O. The van der Waals surface area contributed by atoms with Crippen LogP contribution in [-0.2, 0) is 28.2 Å². The van der Waals surface area contributed by atoms with Crippen molar-refractivity contribution in [3.8, 4) is 0 Å². The van der Waals surface area contributed by atoms with Crippen LogP contribution in [0.15, 0.2) is 12.7 Å². The quantitative estimate of drug-likeness (QED) is 0.397. The predicted octanol–water partition coefficient (Wildman–Crippen LogP) is 3.36. The van der Waals surface area contributed by atoms with Crippen LogP contribution in [-0.4, -0.2) is 64.7 Å². The van der Waals surface area contributed by atoms with Crippen molar-refractivity contribution in [2.45, 2.75) is 96.6 Å². The molecule has 1 aliphatic rings. The number of aromatic nitrogens is 4. The van der Waals surface area contributed by atoms with Crippen LogP contribution in [0.25, 0.3) is 11.2 Å². The second-order valence-corrected chi connectivity index (χ2v) is 15.4. The number of imidazole rings is 1. The van der Waals surface area contributed by atoms with Crippen molar-refractivity contribution in [1.29, 1.82) is 0 Å². The highest BCUT2D eigenvalue weighted by molar-refractivity contribution is 6.77. The lowest BCUT2D eigenvalue weighted by Gasteiger charge is -2.42. The molecule has 194 valence electrons. The molecule has 0 radical (unpaired) electrons. The molecule has 0 aliphatic carbocycles. The van der Waals surface area contributed by atoms with Gasteiger partial charge in [0.1, 0.15) is 17.9 Å². The van der Waals surface area contributed by atoms with Gasteiger partial charge in [-0.15, -0.1) is 0 Å². The van der Waals surface area contributed by atoms with Crippen molar-refractivity contribution in [3.05, 3.63) is 12.7 Å². The van der Waals surface area contributed by atoms with Gasteiger partial charge in [-0.1, -0.05) is 41.5 Å². The van der Waals surface area contributed by atoms with E-state index < -0.39 is 44.8 Å². The number of rotatable bonds is 9. The molecular formula is C23H37N5O6Si. The van der Waals surface area contributed by atoms with Gasteiger partial charge in [0.25, 0.3) is 0 Å². The zero-order valence-electron chi connectivity index (χ0n) is 21.7. The Morgan fingerprint density at radius 3 is 2.11 bits per heavy atom. The molecular weight excluding hydrogens is 470 g/mol. The third-order valence-electron chi connectivity index (χ3n) is 6.76. The number of ether oxygens (including phenoxy) is 3. The molecule has 0 bridgehead atoms. The lowest BCUT2D eigenvalue weighted by Crippen LogP contribution is -2.50. The van der Waals surface area contributed by atoms with E-state index in [1.165, 1.54) is 26.5 Å². The fourth-order valence-corrected chi connectivity index (χ4v) is 11.0. The largest absolute Gasteiger partial charge is 0.456 e. The van der Waals surface area contributed by atoms with E-state index in [-0.39, 0.29) is 12.4 Å². The molecule has 35 heavy (non-hydrogen) atoms. The van der Waals surface area contributed by atoms with Crippen molar-refractivity contribution in [3.63, 3.8) is 0 Å². The maximum absolute atomic E-state index is 12.0. The van der Waals surface area contributed by atoms with E-state index in [4.69, 9.17) is 24.4 Å². The molecule has 1 aliphatic heterocycles. The number of fused-ring (bicyclic) bond motifs is 1. The maximum atomic E-state index is 12.0. The van der Waals surface area contributed by atoms with E-state index in [0.29, 0.717) is 27.8 Å². The molecule has 0 amide bonds. The Bertz CT molecular complexity index is 1040. The Balaban J connectivity index is 2.01. The van der Waals surface area contributed by atoms with Crippen LogP contribution < -0.4 is 5.73 Å². The van der Waals surface area contributed by atoms with Crippen molar-refractivity contribution >= 4 is 37.2 Å². The Kier molecular flexibility index (Phi) is 8.17. The Morgan fingerprint density at radius 1 is 1.00 bits per heavy atom. The van der Waals surface area contributed by atoms with Crippen LogP contribution >= 0.6 is 0 Å². The average molecular weight is 508 g/mol. The van der Waals surface area contributed by atoms with Crippen molar-refractivity contribution in [1.82, 2.24) is 19.5 Å². The summed E-state index contributed by atoms with van der Waals surface area (Å²) >= 11 is 0. The van der Waals surface area contributed by atoms with Gasteiger partial charge in [0, 0.05) is 13.8 Å². The number of nitrogens with zero attached hydrogens (tertiary/aromatic N) is 4. The molecule has 2 aromatic rings. The fraction of sp³-hybridized carbons (Fsp3) is 0.696. The lowest BCUT2D eigenvalue weighted by atomic mass is 10.1. The van der Waals surface area contributed by atoms with Crippen LogP contribution in [0.2, 0.25) is 16.6 Å². The molecule has 12 heteroatoms. The fourth-order valence-electron chi connectivity index (χ4n) is 5.50. The summed E-state index contributed by atoms with van der Waals surface area (Å²) in [5, 5.41) is 0. The van der Waals surface area contributed by atoms with Gasteiger partial charge < -0.3 is 24.4 Å². The monoisotopic (exact) mass is 507 g/mol. The number of anilines is 1. The first-order valence-corrected chi connectivity index (χ1v) is 14.1. The molecule has 1 fully saturated rings. The average Bonchev–Trinajstić information content (AvgIpc) is 3.30. The summed E-state index contributed by atoms with van der Waals surface area (Å²) in [4.78, 5) is 36.6. The number of nitrogen functional groups attached to an aromatic ring is 1. The number of nitrogens with two attached hydrogens (primary N) is 1. The first-order chi connectivity index (χ1) is 16.4.